The summed E-state index contributed by atoms with van der Waals surface area (Å²) in [5, 5.41) is 5.59. The monoisotopic (exact) mass is 264 g/mol. The molecule has 0 saturated heterocycles. The molecule has 2 nitrogen and oxygen atoms in total. The number of benzene rings is 1. The molecule has 2 N–H and O–H groups in total. The molecular weight excluding hydrogens is 244 g/mol. The highest BCUT2D eigenvalue weighted by atomic mass is 35.5. The van der Waals surface area contributed by atoms with Crippen LogP contribution in [0, 0.1) is 6.92 Å². The molecule has 1 heterocycles. The van der Waals surface area contributed by atoms with Crippen molar-refractivity contribution in [2.75, 3.05) is 6.54 Å². The van der Waals surface area contributed by atoms with E-state index in [2.05, 4.69) is 44.1 Å². The van der Waals surface area contributed by atoms with Crippen molar-refractivity contribution in [2.24, 2.45) is 0 Å². The maximum atomic E-state index is 6.01. The lowest BCUT2D eigenvalue weighted by molar-refractivity contribution is 0.429. The van der Waals surface area contributed by atoms with E-state index in [9.17, 15) is 0 Å². The molecule has 1 aromatic heterocycles. The molecule has 0 bridgehead atoms. The largest absolute Gasteiger partial charge is 0.358 e. The summed E-state index contributed by atoms with van der Waals surface area (Å²) in [5.41, 5.74) is 3.93. The third-order valence-electron chi connectivity index (χ3n) is 3.11. The number of fused-ring (bicyclic) bond motifs is 1. The Morgan fingerprint density at radius 3 is 2.67 bits per heavy atom. The van der Waals surface area contributed by atoms with Gasteiger partial charge in [-0.15, -0.1) is 0 Å². The molecule has 0 radical (unpaired) electrons. The van der Waals surface area contributed by atoms with Crippen LogP contribution < -0.4 is 5.32 Å². The van der Waals surface area contributed by atoms with Gasteiger partial charge in [0, 0.05) is 27.2 Å². The van der Waals surface area contributed by atoms with Crippen molar-refractivity contribution in [2.45, 2.75) is 39.7 Å². The van der Waals surface area contributed by atoms with E-state index in [0.717, 1.165) is 23.5 Å². The number of hydrogen-bond acceptors (Lipinski definition) is 1. The highest BCUT2D eigenvalue weighted by Crippen LogP contribution is 2.25. The van der Waals surface area contributed by atoms with E-state index in [-0.39, 0.29) is 5.54 Å². The van der Waals surface area contributed by atoms with Crippen molar-refractivity contribution in [3.8, 4) is 0 Å². The van der Waals surface area contributed by atoms with Crippen molar-refractivity contribution in [1.82, 2.24) is 10.3 Å². The molecule has 18 heavy (non-hydrogen) atoms. The van der Waals surface area contributed by atoms with Gasteiger partial charge < -0.3 is 10.3 Å². The van der Waals surface area contributed by atoms with Crippen LogP contribution in [0.25, 0.3) is 10.9 Å². The van der Waals surface area contributed by atoms with E-state index in [1.165, 1.54) is 16.6 Å². The molecule has 2 aromatic rings. The maximum Gasteiger partial charge on any atom is 0.0473 e. The number of hydrogen-bond donors (Lipinski definition) is 2. The van der Waals surface area contributed by atoms with Crippen molar-refractivity contribution in [3.05, 3.63) is 34.5 Å². The van der Waals surface area contributed by atoms with Gasteiger partial charge in [0.05, 0.1) is 0 Å². The first-order chi connectivity index (χ1) is 8.37. The van der Waals surface area contributed by atoms with Gasteiger partial charge in [-0.1, -0.05) is 17.7 Å². The molecular formula is C15H21ClN2. The Balaban J connectivity index is 2.20. The number of aromatic amines is 1. The molecule has 2 rings (SSSR count). The smallest absolute Gasteiger partial charge is 0.0473 e. The maximum absolute atomic E-state index is 6.01. The van der Waals surface area contributed by atoms with Gasteiger partial charge in [0.1, 0.15) is 0 Å². The van der Waals surface area contributed by atoms with Crippen LogP contribution in [0.1, 0.15) is 32.0 Å². The predicted molar refractivity (Wildman–Crippen MR) is 79.5 cm³/mol. The summed E-state index contributed by atoms with van der Waals surface area (Å²) in [4.78, 5) is 3.40. The molecule has 0 saturated carbocycles. The van der Waals surface area contributed by atoms with Gasteiger partial charge >= 0.3 is 0 Å². The second kappa shape index (κ2) is 4.94. The zero-order chi connectivity index (χ0) is 13.3. The van der Waals surface area contributed by atoms with Crippen molar-refractivity contribution < 1.29 is 0 Å². The standard InChI is InChI=1S/C15H21ClN2/c1-10-12(7-8-17-15(2,3)4)13-6-5-11(16)9-14(13)18-10/h5-6,9,17-18H,7-8H2,1-4H3. The van der Waals surface area contributed by atoms with Crippen molar-refractivity contribution >= 4 is 22.5 Å². The summed E-state index contributed by atoms with van der Waals surface area (Å²) in [7, 11) is 0. The number of aromatic nitrogens is 1. The minimum atomic E-state index is 0.170. The molecule has 0 spiro atoms. The Hall–Kier alpha value is -0.990. The Bertz CT molecular complexity index is 549. The molecule has 0 atom stereocenters. The average Bonchev–Trinajstić information content (AvgIpc) is 2.52. The fraction of sp³-hybridized carbons (Fsp3) is 0.467. The molecule has 0 aliphatic rings. The van der Waals surface area contributed by atoms with Crippen LogP contribution in [0.15, 0.2) is 18.2 Å². The van der Waals surface area contributed by atoms with Gasteiger partial charge in [-0.2, -0.15) is 0 Å². The average molecular weight is 265 g/mol. The van der Waals surface area contributed by atoms with E-state index < -0.39 is 0 Å². The first-order valence-electron chi connectivity index (χ1n) is 6.38. The Morgan fingerprint density at radius 2 is 2.00 bits per heavy atom. The normalized spacial score (nSPS) is 12.3. The van der Waals surface area contributed by atoms with Gasteiger partial charge in [-0.05, 0) is 58.4 Å². The number of halogens is 1. The third kappa shape index (κ3) is 3.06. The third-order valence-corrected chi connectivity index (χ3v) is 3.35. The molecule has 0 fully saturated rings. The molecule has 0 aliphatic heterocycles. The van der Waals surface area contributed by atoms with Gasteiger partial charge in [0.2, 0.25) is 0 Å². The van der Waals surface area contributed by atoms with E-state index >= 15 is 0 Å². The SMILES string of the molecule is Cc1[nH]c2cc(Cl)ccc2c1CCNC(C)(C)C. The van der Waals surface area contributed by atoms with Crippen LogP contribution in [0.3, 0.4) is 0 Å². The number of H-pyrrole nitrogens is 1. The summed E-state index contributed by atoms with van der Waals surface area (Å²) in [6.07, 6.45) is 1.03. The summed E-state index contributed by atoms with van der Waals surface area (Å²) >= 11 is 6.01. The molecule has 0 amide bonds. The molecule has 98 valence electrons. The van der Waals surface area contributed by atoms with Crippen molar-refractivity contribution in [1.29, 1.82) is 0 Å². The van der Waals surface area contributed by atoms with E-state index in [1.807, 2.05) is 12.1 Å². The van der Waals surface area contributed by atoms with Crippen LogP contribution in [0.2, 0.25) is 5.02 Å². The quantitative estimate of drug-likeness (QED) is 0.860. The van der Waals surface area contributed by atoms with E-state index in [4.69, 9.17) is 11.6 Å². The van der Waals surface area contributed by atoms with E-state index in [1.54, 1.807) is 0 Å². The fourth-order valence-electron chi connectivity index (χ4n) is 2.25. The zero-order valence-corrected chi connectivity index (χ0v) is 12.3. The predicted octanol–water partition coefficient (Wildman–Crippen LogP) is 4.06. The van der Waals surface area contributed by atoms with Gasteiger partial charge in [0.25, 0.3) is 0 Å². The molecule has 1 aromatic carbocycles. The number of nitrogens with one attached hydrogen (secondary N) is 2. The van der Waals surface area contributed by atoms with Crippen LogP contribution in [-0.2, 0) is 6.42 Å². The Kier molecular flexibility index (Phi) is 3.69. The summed E-state index contributed by atoms with van der Waals surface area (Å²) in [6.45, 7) is 9.68. The van der Waals surface area contributed by atoms with E-state index in [0.29, 0.717) is 0 Å². The lowest BCUT2D eigenvalue weighted by atomic mass is 10.1. The fourth-order valence-corrected chi connectivity index (χ4v) is 2.42. The van der Waals surface area contributed by atoms with Crippen LogP contribution in [0.4, 0.5) is 0 Å². The van der Waals surface area contributed by atoms with Crippen LogP contribution in [-0.4, -0.2) is 17.1 Å². The molecule has 3 heteroatoms. The van der Waals surface area contributed by atoms with Gasteiger partial charge in [-0.3, -0.25) is 0 Å². The van der Waals surface area contributed by atoms with Gasteiger partial charge in [0.15, 0.2) is 0 Å². The first kappa shape index (κ1) is 13.4. The van der Waals surface area contributed by atoms with Crippen molar-refractivity contribution in [3.63, 3.8) is 0 Å². The zero-order valence-electron chi connectivity index (χ0n) is 11.5. The summed E-state index contributed by atoms with van der Waals surface area (Å²) in [5.74, 6) is 0. The molecule has 0 unspecified atom stereocenters. The lowest BCUT2D eigenvalue weighted by Crippen LogP contribution is -2.37. The Morgan fingerprint density at radius 1 is 1.28 bits per heavy atom. The van der Waals surface area contributed by atoms with Gasteiger partial charge in [-0.25, -0.2) is 0 Å². The highest BCUT2D eigenvalue weighted by Gasteiger charge is 2.11. The lowest BCUT2D eigenvalue weighted by Gasteiger charge is -2.20. The first-order valence-corrected chi connectivity index (χ1v) is 6.76. The summed E-state index contributed by atoms with van der Waals surface area (Å²) < 4.78 is 0. The Labute approximate surface area is 114 Å². The second-order valence-corrected chi connectivity index (χ2v) is 6.28. The minimum absolute atomic E-state index is 0.170. The minimum Gasteiger partial charge on any atom is -0.358 e. The molecule has 0 aliphatic carbocycles. The van der Waals surface area contributed by atoms with Crippen LogP contribution >= 0.6 is 11.6 Å². The summed E-state index contributed by atoms with van der Waals surface area (Å²) in [6, 6.07) is 6.05. The number of rotatable bonds is 3. The highest BCUT2D eigenvalue weighted by molar-refractivity contribution is 6.31. The van der Waals surface area contributed by atoms with Crippen LogP contribution in [0.5, 0.6) is 0 Å². The second-order valence-electron chi connectivity index (χ2n) is 5.85. The topological polar surface area (TPSA) is 27.8 Å². The number of aryl methyl sites for hydroxylation is 1.